The minimum Gasteiger partial charge on any atom is -0.473 e. The van der Waals surface area contributed by atoms with Gasteiger partial charge in [-0.1, -0.05) is 0 Å². The first-order valence-electron chi connectivity index (χ1n) is 2.38. The molecule has 0 saturated carbocycles. The summed E-state index contributed by atoms with van der Waals surface area (Å²) in [7, 11) is 0. The van der Waals surface area contributed by atoms with Gasteiger partial charge in [-0.25, -0.2) is 0 Å². The molecule has 0 fully saturated rings. The molecule has 2 nitrogen and oxygen atoms in total. The van der Waals surface area contributed by atoms with Crippen LogP contribution in [0.5, 0.6) is 0 Å². The van der Waals surface area contributed by atoms with Gasteiger partial charge in [-0.2, -0.15) is 0 Å². The molecule has 0 aliphatic carbocycles. The number of aliphatic hydroxyl groups is 2. The molecule has 0 aliphatic rings. The van der Waals surface area contributed by atoms with Gasteiger partial charge in [0, 0.05) is 12.2 Å². The van der Waals surface area contributed by atoms with Gasteiger partial charge in [-0.3, -0.25) is 0 Å². The minimum absolute atomic E-state index is 0.972. The van der Waals surface area contributed by atoms with E-state index in [-0.39, 0.29) is 0 Å². The Kier molecular flexibility index (Phi) is 11.0. The van der Waals surface area contributed by atoms with Gasteiger partial charge in [0.25, 0.3) is 0 Å². The van der Waals surface area contributed by atoms with E-state index in [0.29, 0.717) is 0 Å². The van der Waals surface area contributed by atoms with Crippen LogP contribution in [0.1, 0.15) is 13.8 Å². The molecule has 0 aromatic carbocycles. The fourth-order valence-corrected chi connectivity index (χ4v) is 0. The molecule has 0 radical (unpaired) electrons. The van der Waals surface area contributed by atoms with Gasteiger partial charge >= 0.3 is 50.2 Å². The van der Waals surface area contributed by atoms with E-state index >= 15 is 0 Å². The van der Waals surface area contributed by atoms with Gasteiger partial charge in [-0.15, -0.1) is 0 Å². The van der Waals surface area contributed by atoms with Crippen molar-refractivity contribution in [3.63, 3.8) is 0 Å². The van der Waals surface area contributed by atoms with Crippen LogP contribution >= 0.6 is 12.2 Å². The van der Waals surface area contributed by atoms with Crippen molar-refractivity contribution in [2.24, 2.45) is 0 Å². The SMILES string of the molecule is C[CH](C)[Na].OC(O)=S. The standard InChI is InChI=1S/C3H7.CH2O2S.Na/c1-3-2;2-1(3)4;/h3H,1-2H3;(H2,2,3,4);. The molecule has 0 bridgehead atoms. The van der Waals surface area contributed by atoms with Crippen LogP contribution in [-0.2, 0) is 0 Å². The molecule has 0 aliphatic heterocycles. The van der Waals surface area contributed by atoms with Crippen LogP contribution in [0.15, 0.2) is 0 Å². The van der Waals surface area contributed by atoms with Crippen LogP contribution in [0.4, 0.5) is 0 Å². The Bertz CT molecular complexity index is 58.3. The fourth-order valence-electron chi connectivity index (χ4n) is 0. The van der Waals surface area contributed by atoms with Gasteiger partial charge in [0.1, 0.15) is 0 Å². The van der Waals surface area contributed by atoms with E-state index in [4.69, 9.17) is 10.2 Å². The molecule has 0 rings (SSSR count). The van der Waals surface area contributed by atoms with Crippen LogP contribution in [-0.4, -0.2) is 43.4 Å². The second kappa shape index (κ2) is 7.69. The number of hydrogen-bond acceptors (Lipinski definition) is 1. The smallest absolute Gasteiger partial charge is 0.347 e. The van der Waals surface area contributed by atoms with E-state index in [9.17, 15) is 0 Å². The maximum absolute atomic E-state index is 7.34. The average molecular weight is 144 g/mol. The summed E-state index contributed by atoms with van der Waals surface area (Å²) in [5.41, 5.74) is 0. The van der Waals surface area contributed by atoms with Crippen molar-refractivity contribution in [3.8, 4) is 0 Å². The predicted molar refractivity (Wildman–Crippen MR) is 38.7 cm³/mol. The molecule has 8 heavy (non-hydrogen) atoms. The molecule has 0 unspecified atom stereocenters. The Morgan fingerprint density at radius 2 is 1.50 bits per heavy atom. The van der Waals surface area contributed by atoms with E-state index in [1.54, 1.807) is 0 Å². The molecule has 0 aromatic rings. The Hall–Kier alpha value is 0.690. The first kappa shape index (κ1) is 11.5. The van der Waals surface area contributed by atoms with Crippen molar-refractivity contribution in [2.45, 2.75) is 17.0 Å². The van der Waals surface area contributed by atoms with Crippen LogP contribution in [0.25, 0.3) is 0 Å². The predicted octanol–water partition coefficient (Wildman–Crippen LogP) is 1.37. The molecule has 0 spiro atoms. The molecule has 0 heterocycles. The van der Waals surface area contributed by atoms with Crippen molar-refractivity contribution >= 4 is 45.4 Å². The topological polar surface area (TPSA) is 40.5 Å². The summed E-state index contributed by atoms with van der Waals surface area (Å²) in [5, 5.41) is 13.7. The fraction of sp³-hybridized carbons (Fsp3) is 0.750. The van der Waals surface area contributed by atoms with Crippen molar-refractivity contribution in [3.05, 3.63) is 0 Å². The Balaban J connectivity index is 0. The van der Waals surface area contributed by atoms with E-state index in [2.05, 4.69) is 26.1 Å². The van der Waals surface area contributed by atoms with Crippen molar-refractivity contribution in [1.29, 1.82) is 0 Å². The quantitative estimate of drug-likeness (QED) is 0.398. The summed E-state index contributed by atoms with van der Waals surface area (Å²) in [6.45, 7) is 4.46. The summed E-state index contributed by atoms with van der Waals surface area (Å²) in [6, 6.07) is 0. The molecule has 0 aromatic heterocycles. The molecular formula is C4H9NaO2S. The zero-order chi connectivity index (χ0) is 7.15. The summed E-state index contributed by atoms with van der Waals surface area (Å²) in [4.78, 5) is 0. The third kappa shape index (κ3) is 455. The molecular weight excluding hydrogens is 135 g/mol. The molecule has 44 valence electrons. The minimum atomic E-state index is -1.000. The summed E-state index contributed by atoms with van der Waals surface area (Å²) >= 11 is 5.00. The first-order chi connectivity index (χ1) is 3.46. The normalized spacial score (nSPS) is 7.62. The summed E-state index contributed by atoms with van der Waals surface area (Å²) in [6.07, 6.45) is 0. The Labute approximate surface area is 72.3 Å². The van der Waals surface area contributed by atoms with E-state index in [1.165, 1.54) is 27.9 Å². The molecule has 0 atom stereocenters. The zero-order valence-electron chi connectivity index (χ0n) is 5.38. The molecule has 4 heteroatoms. The molecule has 0 saturated heterocycles. The third-order valence-electron chi connectivity index (χ3n) is 0. The van der Waals surface area contributed by atoms with Gasteiger partial charge in [0.2, 0.25) is 0 Å². The molecule has 0 amide bonds. The van der Waals surface area contributed by atoms with E-state index in [0.717, 1.165) is 3.17 Å². The maximum atomic E-state index is 7.34. The van der Waals surface area contributed by atoms with Crippen molar-refractivity contribution < 1.29 is 10.2 Å². The van der Waals surface area contributed by atoms with Crippen LogP contribution in [0, 0.1) is 0 Å². The van der Waals surface area contributed by atoms with Crippen LogP contribution in [0.3, 0.4) is 0 Å². The second-order valence-corrected chi connectivity index (χ2v) is 4.69. The van der Waals surface area contributed by atoms with Gasteiger partial charge in [0.15, 0.2) is 0 Å². The van der Waals surface area contributed by atoms with Crippen LogP contribution in [0.2, 0.25) is 3.17 Å². The largest absolute Gasteiger partial charge is 0.473 e. The third-order valence-corrected chi connectivity index (χ3v) is 0. The second-order valence-electron chi connectivity index (χ2n) is 2.01. The van der Waals surface area contributed by atoms with Crippen molar-refractivity contribution in [1.82, 2.24) is 0 Å². The van der Waals surface area contributed by atoms with Gasteiger partial charge in [0.05, 0.1) is 0 Å². The number of thiocarbonyl (C=S) groups is 1. The average Bonchev–Trinajstić information content (AvgIpc) is 1.25. The van der Waals surface area contributed by atoms with Crippen molar-refractivity contribution in [2.75, 3.05) is 0 Å². The van der Waals surface area contributed by atoms with Gasteiger partial charge < -0.3 is 10.2 Å². The maximum Gasteiger partial charge on any atom is 0.347 e. The van der Waals surface area contributed by atoms with E-state index in [1.807, 2.05) is 0 Å². The number of rotatable bonds is 0. The number of aliphatic hydroxyl groups excluding tert-OH is 1. The first-order valence-corrected chi connectivity index (χ1v) is 3.95. The Morgan fingerprint density at radius 3 is 1.50 bits per heavy atom. The summed E-state index contributed by atoms with van der Waals surface area (Å²) in [5.74, 6) is 0. The molecule has 2 N–H and O–H groups in total. The summed E-state index contributed by atoms with van der Waals surface area (Å²) < 4.78 is 0.972. The van der Waals surface area contributed by atoms with Crippen LogP contribution < -0.4 is 0 Å². The zero-order valence-corrected chi connectivity index (χ0v) is 8.20. The van der Waals surface area contributed by atoms with E-state index < -0.39 is 5.24 Å². The van der Waals surface area contributed by atoms with Gasteiger partial charge in [-0.05, 0) is 0 Å². The Morgan fingerprint density at radius 1 is 1.50 bits per heavy atom. The number of hydrogen-bond donors (Lipinski definition) is 2. The monoisotopic (exact) mass is 144 g/mol.